The van der Waals surface area contributed by atoms with E-state index in [4.69, 9.17) is 14.2 Å². The fourth-order valence-electron chi connectivity index (χ4n) is 1.77. The zero-order valence-electron chi connectivity index (χ0n) is 10.7. The van der Waals surface area contributed by atoms with E-state index in [2.05, 4.69) is 0 Å². The van der Waals surface area contributed by atoms with Crippen molar-refractivity contribution in [1.29, 1.82) is 0 Å². The third-order valence-electron chi connectivity index (χ3n) is 3.00. The topological polar surface area (TPSA) is 51.2 Å². The number of hydrogen-bond acceptors (Lipinski definition) is 4. The van der Waals surface area contributed by atoms with Gasteiger partial charge in [0.05, 0.1) is 26.4 Å². The summed E-state index contributed by atoms with van der Waals surface area (Å²) in [5.41, 5.74) is 1.13. The zero-order chi connectivity index (χ0) is 12.8. The van der Waals surface area contributed by atoms with Crippen molar-refractivity contribution in [2.24, 2.45) is 0 Å². The van der Waals surface area contributed by atoms with Gasteiger partial charge < -0.3 is 19.3 Å². The first-order chi connectivity index (χ1) is 8.79. The van der Waals surface area contributed by atoms with Gasteiger partial charge in [-0.3, -0.25) is 0 Å². The van der Waals surface area contributed by atoms with Crippen molar-refractivity contribution in [3.63, 3.8) is 0 Å². The Morgan fingerprint density at radius 3 is 2.72 bits per heavy atom. The zero-order valence-corrected chi connectivity index (χ0v) is 10.7. The Bertz CT molecular complexity index is 345. The molecule has 1 N–H and O–H groups in total. The minimum Gasteiger partial charge on any atom is -0.497 e. The number of aliphatic hydroxyl groups is 1. The van der Waals surface area contributed by atoms with Gasteiger partial charge in [0.15, 0.2) is 0 Å². The lowest BCUT2D eigenvalue weighted by Crippen LogP contribution is -2.15. The normalized spacial score (nSPS) is 19.6. The lowest BCUT2D eigenvalue weighted by atomic mass is 10.1. The predicted octanol–water partition coefficient (Wildman–Crippen LogP) is 1.75. The van der Waals surface area contributed by atoms with Gasteiger partial charge in [-0.05, 0) is 30.5 Å². The summed E-state index contributed by atoms with van der Waals surface area (Å²) in [6.45, 7) is 1.96. The Balaban J connectivity index is 1.56. The van der Waals surface area contributed by atoms with Gasteiger partial charge in [-0.25, -0.2) is 0 Å². The number of ether oxygens (including phenoxy) is 3. The SMILES string of the molecule is COc1ccc(COCCC[C@H](O)[C@@H]2CO2)cc1. The van der Waals surface area contributed by atoms with Gasteiger partial charge in [0.25, 0.3) is 0 Å². The molecule has 1 aromatic rings. The molecule has 0 radical (unpaired) electrons. The molecule has 1 heterocycles. The van der Waals surface area contributed by atoms with Gasteiger partial charge in [0.1, 0.15) is 11.9 Å². The molecule has 18 heavy (non-hydrogen) atoms. The Morgan fingerprint density at radius 2 is 2.11 bits per heavy atom. The fraction of sp³-hybridized carbons (Fsp3) is 0.571. The molecular weight excluding hydrogens is 232 g/mol. The fourth-order valence-corrected chi connectivity index (χ4v) is 1.77. The first-order valence-corrected chi connectivity index (χ1v) is 6.30. The molecule has 1 aliphatic rings. The van der Waals surface area contributed by atoms with Gasteiger partial charge in [-0.1, -0.05) is 12.1 Å². The standard InChI is InChI=1S/C14H20O4/c1-16-12-6-4-11(5-7-12)9-17-8-2-3-13(15)14-10-18-14/h4-7,13-15H,2-3,8-10H2,1H3/t13-,14-/m0/s1. The molecule has 0 bridgehead atoms. The summed E-state index contributed by atoms with van der Waals surface area (Å²) in [7, 11) is 1.65. The van der Waals surface area contributed by atoms with E-state index in [1.165, 1.54) is 0 Å². The van der Waals surface area contributed by atoms with E-state index >= 15 is 0 Å². The molecule has 0 aliphatic carbocycles. The van der Waals surface area contributed by atoms with Crippen LogP contribution in [0.2, 0.25) is 0 Å². The van der Waals surface area contributed by atoms with Crippen LogP contribution in [0.1, 0.15) is 18.4 Å². The van der Waals surface area contributed by atoms with Crippen LogP contribution in [-0.2, 0) is 16.1 Å². The van der Waals surface area contributed by atoms with Crippen LogP contribution in [-0.4, -0.2) is 37.6 Å². The Kier molecular flexibility index (Phi) is 4.99. The Morgan fingerprint density at radius 1 is 1.39 bits per heavy atom. The first kappa shape index (κ1) is 13.3. The van der Waals surface area contributed by atoms with Crippen molar-refractivity contribution in [2.45, 2.75) is 31.7 Å². The van der Waals surface area contributed by atoms with Crippen molar-refractivity contribution >= 4 is 0 Å². The van der Waals surface area contributed by atoms with E-state index in [-0.39, 0.29) is 12.2 Å². The maximum absolute atomic E-state index is 9.57. The highest BCUT2D eigenvalue weighted by Crippen LogP contribution is 2.17. The van der Waals surface area contributed by atoms with E-state index < -0.39 is 0 Å². The van der Waals surface area contributed by atoms with E-state index in [9.17, 15) is 5.11 Å². The monoisotopic (exact) mass is 252 g/mol. The predicted molar refractivity (Wildman–Crippen MR) is 67.6 cm³/mol. The minimum absolute atomic E-state index is 0.0755. The van der Waals surface area contributed by atoms with Gasteiger partial charge in [0.2, 0.25) is 0 Å². The Hall–Kier alpha value is -1.10. The number of rotatable bonds is 8. The molecule has 0 unspecified atom stereocenters. The molecular formula is C14H20O4. The molecule has 4 heteroatoms. The van der Waals surface area contributed by atoms with Crippen LogP contribution in [0.15, 0.2) is 24.3 Å². The van der Waals surface area contributed by atoms with Crippen molar-refractivity contribution < 1.29 is 19.3 Å². The highest BCUT2D eigenvalue weighted by Gasteiger charge is 2.30. The highest BCUT2D eigenvalue weighted by molar-refractivity contribution is 5.26. The largest absolute Gasteiger partial charge is 0.497 e. The molecule has 4 nitrogen and oxygen atoms in total. The van der Waals surface area contributed by atoms with Crippen LogP contribution in [0.25, 0.3) is 0 Å². The minimum atomic E-state index is -0.324. The van der Waals surface area contributed by atoms with Crippen LogP contribution in [0.5, 0.6) is 5.75 Å². The van der Waals surface area contributed by atoms with Crippen LogP contribution in [0.4, 0.5) is 0 Å². The molecule has 1 aliphatic heterocycles. The second kappa shape index (κ2) is 6.73. The van der Waals surface area contributed by atoms with Gasteiger partial charge in [0, 0.05) is 6.61 Å². The van der Waals surface area contributed by atoms with Gasteiger partial charge >= 0.3 is 0 Å². The molecule has 0 saturated carbocycles. The molecule has 0 aromatic heterocycles. The lowest BCUT2D eigenvalue weighted by Gasteiger charge is -2.08. The third-order valence-corrected chi connectivity index (χ3v) is 3.00. The van der Waals surface area contributed by atoms with Gasteiger partial charge in [-0.15, -0.1) is 0 Å². The summed E-state index contributed by atoms with van der Waals surface area (Å²) >= 11 is 0. The average molecular weight is 252 g/mol. The number of epoxide rings is 1. The van der Waals surface area contributed by atoms with Crippen molar-refractivity contribution in [1.82, 2.24) is 0 Å². The van der Waals surface area contributed by atoms with Crippen molar-refractivity contribution in [3.8, 4) is 5.75 Å². The number of benzene rings is 1. The lowest BCUT2D eigenvalue weighted by molar-refractivity contribution is 0.0859. The molecule has 1 fully saturated rings. The van der Waals surface area contributed by atoms with E-state index in [0.717, 1.165) is 24.2 Å². The second-order valence-corrected chi connectivity index (χ2v) is 4.48. The molecule has 2 rings (SSSR count). The molecule has 1 aromatic carbocycles. The van der Waals surface area contributed by atoms with E-state index in [1.54, 1.807) is 7.11 Å². The van der Waals surface area contributed by atoms with Crippen LogP contribution >= 0.6 is 0 Å². The smallest absolute Gasteiger partial charge is 0.118 e. The summed E-state index contributed by atoms with van der Waals surface area (Å²) in [4.78, 5) is 0. The molecule has 1 saturated heterocycles. The number of hydrogen-bond donors (Lipinski definition) is 1. The summed E-state index contributed by atoms with van der Waals surface area (Å²) in [6.07, 6.45) is 1.35. The summed E-state index contributed by atoms with van der Waals surface area (Å²) in [6, 6.07) is 7.83. The van der Waals surface area contributed by atoms with Crippen LogP contribution in [0, 0.1) is 0 Å². The van der Waals surface area contributed by atoms with Crippen LogP contribution < -0.4 is 4.74 Å². The Labute approximate surface area is 107 Å². The van der Waals surface area contributed by atoms with Crippen LogP contribution in [0.3, 0.4) is 0 Å². The van der Waals surface area contributed by atoms with E-state index in [1.807, 2.05) is 24.3 Å². The molecule has 0 spiro atoms. The summed E-state index contributed by atoms with van der Waals surface area (Å²) in [5.74, 6) is 0.853. The van der Waals surface area contributed by atoms with Crippen molar-refractivity contribution in [2.75, 3.05) is 20.3 Å². The number of aliphatic hydroxyl groups excluding tert-OH is 1. The maximum atomic E-state index is 9.57. The van der Waals surface area contributed by atoms with E-state index in [0.29, 0.717) is 19.8 Å². The highest BCUT2D eigenvalue weighted by atomic mass is 16.6. The average Bonchev–Trinajstić information content (AvgIpc) is 3.23. The van der Waals surface area contributed by atoms with Crippen molar-refractivity contribution in [3.05, 3.63) is 29.8 Å². The van der Waals surface area contributed by atoms with Gasteiger partial charge in [-0.2, -0.15) is 0 Å². The summed E-state index contributed by atoms with van der Waals surface area (Å²) < 4.78 is 15.7. The molecule has 2 atom stereocenters. The second-order valence-electron chi connectivity index (χ2n) is 4.48. The number of methoxy groups -OCH3 is 1. The quantitative estimate of drug-likeness (QED) is 0.565. The molecule has 100 valence electrons. The summed E-state index contributed by atoms with van der Waals surface area (Å²) in [5, 5.41) is 9.57. The molecule has 0 amide bonds. The first-order valence-electron chi connectivity index (χ1n) is 6.30. The third kappa shape index (κ3) is 4.29. The maximum Gasteiger partial charge on any atom is 0.118 e.